The summed E-state index contributed by atoms with van der Waals surface area (Å²) in [6.07, 6.45) is 1.17. The molecule has 1 aromatic carbocycles. The van der Waals surface area contributed by atoms with Crippen LogP contribution in [0.2, 0.25) is 0 Å². The highest BCUT2D eigenvalue weighted by molar-refractivity contribution is 9.10. The lowest BCUT2D eigenvalue weighted by Gasteiger charge is -2.39. The predicted octanol–water partition coefficient (Wildman–Crippen LogP) is 3.47. The Balaban J connectivity index is 2.50. The van der Waals surface area contributed by atoms with Gasteiger partial charge in [-0.25, -0.2) is 0 Å². The Morgan fingerprint density at radius 2 is 2.07 bits per heavy atom. The van der Waals surface area contributed by atoms with Gasteiger partial charge < -0.3 is 4.90 Å². The van der Waals surface area contributed by atoms with Crippen molar-refractivity contribution in [3.8, 4) is 0 Å². The highest BCUT2D eigenvalue weighted by Gasteiger charge is 2.29. The molecule has 0 bridgehead atoms. The molecule has 2 rings (SSSR count). The van der Waals surface area contributed by atoms with Crippen LogP contribution in [-0.2, 0) is 6.42 Å². The summed E-state index contributed by atoms with van der Waals surface area (Å²) >= 11 is 3.62. The molecule has 76 valence electrons. The number of nitrogens with zero attached hydrogens (tertiary/aromatic N) is 1. The van der Waals surface area contributed by atoms with E-state index in [9.17, 15) is 0 Å². The first-order chi connectivity index (χ1) is 6.49. The summed E-state index contributed by atoms with van der Waals surface area (Å²) in [5, 5.41) is 0. The largest absolute Gasteiger partial charge is 0.373 e. The predicted molar refractivity (Wildman–Crippen MR) is 64.9 cm³/mol. The molecule has 0 saturated heterocycles. The van der Waals surface area contributed by atoms with Gasteiger partial charge in [0.25, 0.3) is 0 Å². The maximum absolute atomic E-state index is 3.62. The van der Waals surface area contributed by atoms with Gasteiger partial charge in [0, 0.05) is 18.1 Å². The average Bonchev–Trinajstić information content (AvgIpc) is 2.00. The smallest absolute Gasteiger partial charge is 0.0540 e. The number of para-hydroxylation sites is 1. The number of rotatable bonds is 0. The van der Waals surface area contributed by atoms with Crippen molar-refractivity contribution in [1.29, 1.82) is 0 Å². The third kappa shape index (κ3) is 1.68. The summed E-state index contributed by atoms with van der Waals surface area (Å²) in [5.41, 5.74) is 3.22. The molecule has 0 radical (unpaired) electrons. The third-order valence-electron chi connectivity index (χ3n) is 2.79. The van der Waals surface area contributed by atoms with Crippen molar-refractivity contribution in [3.05, 3.63) is 28.2 Å². The van der Waals surface area contributed by atoms with Crippen molar-refractivity contribution in [2.45, 2.75) is 20.3 Å². The van der Waals surface area contributed by atoms with Crippen LogP contribution in [0.25, 0.3) is 0 Å². The lowest BCUT2D eigenvalue weighted by molar-refractivity contribution is 0.355. The second-order valence-electron chi connectivity index (χ2n) is 4.94. The number of anilines is 1. The monoisotopic (exact) mass is 253 g/mol. The molecule has 0 spiro atoms. The molecule has 0 unspecified atom stereocenters. The van der Waals surface area contributed by atoms with Crippen LogP contribution in [0.1, 0.15) is 19.4 Å². The van der Waals surface area contributed by atoms with Gasteiger partial charge in [-0.3, -0.25) is 0 Å². The van der Waals surface area contributed by atoms with Gasteiger partial charge in [0.1, 0.15) is 0 Å². The Bertz CT molecular complexity index is 357. The maximum atomic E-state index is 3.62. The molecule has 1 aliphatic rings. The fourth-order valence-corrected chi connectivity index (χ4v) is 3.13. The Labute approximate surface area is 94.2 Å². The van der Waals surface area contributed by atoms with Gasteiger partial charge in [0.15, 0.2) is 0 Å². The topological polar surface area (TPSA) is 3.24 Å². The molecular formula is C12H16BrN. The van der Waals surface area contributed by atoms with Crippen LogP contribution in [-0.4, -0.2) is 13.6 Å². The first kappa shape index (κ1) is 10.0. The van der Waals surface area contributed by atoms with E-state index < -0.39 is 0 Å². The van der Waals surface area contributed by atoms with E-state index in [2.05, 4.69) is 59.9 Å². The number of hydrogen-bond donors (Lipinski definition) is 0. The number of hydrogen-bond acceptors (Lipinski definition) is 1. The van der Waals surface area contributed by atoms with E-state index in [-0.39, 0.29) is 0 Å². The first-order valence-corrected chi connectivity index (χ1v) is 5.77. The van der Waals surface area contributed by atoms with Gasteiger partial charge in [-0.05, 0) is 39.4 Å². The van der Waals surface area contributed by atoms with Crippen LogP contribution in [0.5, 0.6) is 0 Å². The van der Waals surface area contributed by atoms with Crippen molar-refractivity contribution in [3.63, 3.8) is 0 Å². The molecule has 0 N–H and O–H groups in total. The number of halogens is 1. The summed E-state index contributed by atoms with van der Waals surface area (Å²) in [4.78, 5) is 2.35. The maximum Gasteiger partial charge on any atom is 0.0540 e. The second kappa shape index (κ2) is 3.27. The van der Waals surface area contributed by atoms with Crippen LogP contribution in [0.4, 0.5) is 5.69 Å². The number of fused-ring (bicyclic) bond motifs is 1. The molecule has 1 aliphatic heterocycles. The van der Waals surface area contributed by atoms with Gasteiger partial charge in [-0.15, -0.1) is 0 Å². The van der Waals surface area contributed by atoms with E-state index in [4.69, 9.17) is 0 Å². The zero-order chi connectivity index (χ0) is 10.3. The second-order valence-corrected chi connectivity index (χ2v) is 5.80. The standard InChI is InChI=1S/C12H16BrN/c1-12(2)7-9-5-4-6-10(13)11(9)14(3)8-12/h4-6H,7-8H2,1-3H3. The summed E-state index contributed by atoms with van der Waals surface area (Å²) < 4.78 is 1.22. The van der Waals surface area contributed by atoms with Crippen molar-refractivity contribution in [2.24, 2.45) is 5.41 Å². The Morgan fingerprint density at radius 1 is 1.36 bits per heavy atom. The molecule has 0 amide bonds. The summed E-state index contributed by atoms with van der Waals surface area (Å²) in [5.74, 6) is 0. The SMILES string of the molecule is CN1CC(C)(C)Cc2cccc(Br)c21. The molecule has 1 heterocycles. The minimum absolute atomic E-state index is 0.391. The van der Waals surface area contributed by atoms with E-state index in [1.807, 2.05) is 0 Å². The highest BCUT2D eigenvalue weighted by Crippen LogP contribution is 2.39. The Morgan fingerprint density at radius 3 is 2.79 bits per heavy atom. The molecule has 0 saturated carbocycles. The highest BCUT2D eigenvalue weighted by atomic mass is 79.9. The van der Waals surface area contributed by atoms with Gasteiger partial charge in [0.05, 0.1) is 5.69 Å². The van der Waals surface area contributed by atoms with Crippen LogP contribution in [0.3, 0.4) is 0 Å². The Kier molecular flexibility index (Phi) is 2.34. The fourth-order valence-electron chi connectivity index (χ4n) is 2.42. The molecule has 1 aromatic rings. The molecule has 0 fully saturated rings. The zero-order valence-corrected chi connectivity index (χ0v) is 10.6. The lowest BCUT2D eigenvalue weighted by atomic mass is 9.81. The molecule has 0 atom stereocenters. The normalized spacial score (nSPS) is 19.3. The van der Waals surface area contributed by atoms with Crippen LogP contribution in [0, 0.1) is 5.41 Å². The quantitative estimate of drug-likeness (QED) is 0.685. The zero-order valence-electron chi connectivity index (χ0n) is 8.97. The molecule has 14 heavy (non-hydrogen) atoms. The summed E-state index contributed by atoms with van der Waals surface area (Å²) in [6, 6.07) is 6.48. The summed E-state index contributed by atoms with van der Waals surface area (Å²) in [6.45, 7) is 5.78. The first-order valence-electron chi connectivity index (χ1n) is 4.98. The van der Waals surface area contributed by atoms with E-state index >= 15 is 0 Å². The van der Waals surface area contributed by atoms with Gasteiger partial charge in [-0.1, -0.05) is 26.0 Å². The van der Waals surface area contributed by atoms with Crippen molar-refractivity contribution in [1.82, 2.24) is 0 Å². The minimum Gasteiger partial charge on any atom is -0.373 e. The van der Waals surface area contributed by atoms with E-state index in [0.717, 1.165) is 6.54 Å². The van der Waals surface area contributed by atoms with E-state index in [1.54, 1.807) is 0 Å². The molecule has 0 aromatic heterocycles. The molecule has 2 heteroatoms. The molecule has 1 nitrogen and oxygen atoms in total. The van der Waals surface area contributed by atoms with Crippen LogP contribution in [0.15, 0.2) is 22.7 Å². The van der Waals surface area contributed by atoms with Crippen LogP contribution >= 0.6 is 15.9 Å². The Hall–Kier alpha value is -0.500. The minimum atomic E-state index is 0.391. The van der Waals surface area contributed by atoms with Gasteiger partial charge >= 0.3 is 0 Å². The fraction of sp³-hybridized carbons (Fsp3) is 0.500. The molecule has 0 aliphatic carbocycles. The van der Waals surface area contributed by atoms with Crippen LogP contribution < -0.4 is 4.90 Å². The van der Waals surface area contributed by atoms with Gasteiger partial charge in [-0.2, -0.15) is 0 Å². The molecular weight excluding hydrogens is 238 g/mol. The van der Waals surface area contributed by atoms with Crippen molar-refractivity contribution < 1.29 is 0 Å². The van der Waals surface area contributed by atoms with Crippen molar-refractivity contribution in [2.75, 3.05) is 18.5 Å². The third-order valence-corrected chi connectivity index (χ3v) is 3.43. The lowest BCUT2D eigenvalue weighted by Crippen LogP contribution is -2.38. The number of benzene rings is 1. The summed E-state index contributed by atoms with van der Waals surface area (Å²) in [7, 11) is 2.17. The van der Waals surface area contributed by atoms with Gasteiger partial charge in [0.2, 0.25) is 0 Å². The van der Waals surface area contributed by atoms with Crippen molar-refractivity contribution >= 4 is 21.6 Å². The van der Waals surface area contributed by atoms with E-state index in [0.29, 0.717) is 5.41 Å². The van der Waals surface area contributed by atoms with E-state index in [1.165, 1.54) is 22.1 Å². The average molecular weight is 254 g/mol.